The molecule has 0 atom stereocenters. The van der Waals surface area contributed by atoms with Gasteiger partial charge in [0.25, 0.3) is 0 Å². The van der Waals surface area contributed by atoms with E-state index in [0.29, 0.717) is 5.56 Å². The van der Waals surface area contributed by atoms with E-state index in [1.165, 1.54) is 5.56 Å². The van der Waals surface area contributed by atoms with Crippen molar-refractivity contribution in [3.05, 3.63) is 89.6 Å². The van der Waals surface area contributed by atoms with Gasteiger partial charge in [-0.25, -0.2) is 9.50 Å². The molecule has 0 amide bonds. The summed E-state index contributed by atoms with van der Waals surface area (Å²) in [5.74, 6) is 0.969. The van der Waals surface area contributed by atoms with Gasteiger partial charge in [-0.3, -0.25) is 9.58 Å². The van der Waals surface area contributed by atoms with Crippen LogP contribution in [-0.2, 0) is 13.5 Å². The van der Waals surface area contributed by atoms with Gasteiger partial charge in [0.15, 0.2) is 0 Å². The molecule has 5 aromatic rings. The van der Waals surface area contributed by atoms with Crippen LogP contribution < -0.4 is 4.90 Å². The minimum atomic E-state index is 0.538. The molecular weight excluding hydrogens is 496 g/mol. The van der Waals surface area contributed by atoms with E-state index in [4.69, 9.17) is 16.6 Å². The highest BCUT2D eigenvalue weighted by Gasteiger charge is 2.19. The number of hydrogen-bond donors (Lipinski definition) is 0. The molecule has 5 heterocycles. The molecule has 0 bridgehead atoms. The first-order chi connectivity index (χ1) is 18.6. The fourth-order valence-electron chi connectivity index (χ4n) is 5.06. The number of halogens is 1. The van der Waals surface area contributed by atoms with Crippen molar-refractivity contribution in [3.63, 3.8) is 0 Å². The Morgan fingerprint density at radius 1 is 0.921 bits per heavy atom. The van der Waals surface area contributed by atoms with Gasteiger partial charge in [0.2, 0.25) is 0 Å². The SMILES string of the molecule is Cn1cc(-c2cc(-c3ccc(N4CCN(CCc5cccc(Cl)c5)CC4)nc3)c3c(C#N)cnn3c2)cn1. The molecule has 0 aliphatic carbocycles. The van der Waals surface area contributed by atoms with Crippen molar-refractivity contribution < 1.29 is 0 Å². The number of piperazine rings is 1. The standard InChI is InChI=1S/C29H27ClN8/c1-35-19-25(18-33-35)23-14-27(29-24(15-31)17-34-38(29)20-23)22-5-6-28(32-16-22)37-11-9-36(10-12-37)8-7-21-3-2-4-26(30)13-21/h2-6,13-14,16-20H,7-12H2,1H3. The third-order valence-electron chi connectivity index (χ3n) is 7.13. The maximum atomic E-state index is 9.69. The van der Waals surface area contributed by atoms with Crippen LogP contribution in [0.3, 0.4) is 0 Å². The topological polar surface area (TPSA) is 78.3 Å². The van der Waals surface area contributed by atoms with E-state index in [2.05, 4.69) is 50.3 Å². The van der Waals surface area contributed by atoms with Crippen molar-refractivity contribution in [1.29, 1.82) is 5.26 Å². The van der Waals surface area contributed by atoms with Crippen molar-refractivity contribution in [2.75, 3.05) is 37.6 Å². The maximum absolute atomic E-state index is 9.69. The lowest BCUT2D eigenvalue weighted by Crippen LogP contribution is -2.47. The van der Waals surface area contributed by atoms with Crippen molar-refractivity contribution in [1.82, 2.24) is 29.3 Å². The number of benzene rings is 1. The van der Waals surface area contributed by atoms with Gasteiger partial charge in [0.05, 0.1) is 23.5 Å². The predicted octanol–water partition coefficient (Wildman–Crippen LogP) is 4.69. The van der Waals surface area contributed by atoms with Gasteiger partial charge in [-0.05, 0) is 42.3 Å². The molecule has 0 unspecified atom stereocenters. The number of anilines is 1. The highest BCUT2D eigenvalue weighted by atomic mass is 35.5. The summed E-state index contributed by atoms with van der Waals surface area (Å²) in [6, 6.07) is 16.6. The lowest BCUT2D eigenvalue weighted by atomic mass is 10.0. The molecule has 0 radical (unpaired) electrons. The van der Waals surface area contributed by atoms with Gasteiger partial charge >= 0.3 is 0 Å². The first kappa shape index (κ1) is 24.2. The van der Waals surface area contributed by atoms with Gasteiger partial charge < -0.3 is 4.90 Å². The number of pyridine rings is 2. The molecule has 1 aromatic carbocycles. The first-order valence-corrected chi connectivity index (χ1v) is 13.0. The zero-order valence-electron chi connectivity index (χ0n) is 21.1. The summed E-state index contributed by atoms with van der Waals surface area (Å²) in [5, 5.41) is 19.2. The third kappa shape index (κ3) is 4.86. The summed E-state index contributed by atoms with van der Waals surface area (Å²) in [5.41, 5.74) is 6.43. The highest BCUT2D eigenvalue weighted by molar-refractivity contribution is 6.30. The Balaban J connectivity index is 1.19. The molecule has 4 aromatic heterocycles. The summed E-state index contributed by atoms with van der Waals surface area (Å²) < 4.78 is 3.54. The molecule has 38 heavy (non-hydrogen) atoms. The van der Waals surface area contributed by atoms with Crippen LogP contribution in [0.1, 0.15) is 11.1 Å². The molecule has 190 valence electrons. The molecule has 0 spiro atoms. The van der Waals surface area contributed by atoms with Crippen LogP contribution in [0.5, 0.6) is 0 Å². The fourth-order valence-corrected chi connectivity index (χ4v) is 5.28. The van der Waals surface area contributed by atoms with Gasteiger partial charge in [-0.2, -0.15) is 15.5 Å². The Labute approximate surface area is 226 Å². The zero-order chi connectivity index (χ0) is 26.1. The normalized spacial score (nSPS) is 14.2. The van der Waals surface area contributed by atoms with Crippen molar-refractivity contribution >= 4 is 22.9 Å². The summed E-state index contributed by atoms with van der Waals surface area (Å²) in [4.78, 5) is 9.65. The molecule has 1 aliphatic heterocycles. The first-order valence-electron chi connectivity index (χ1n) is 12.7. The molecule has 1 aliphatic rings. The molecule has 0 N–H and O–H groups in total. The van der Waals surface area contributed by atoms with Crippen LogP contribution in [0.15, 0.2) is 73.4 Å². The summed E-state index contributed by atoms with van der Waals surface area (Å²) in [6.07, 6.45) is 10.2. The predicted molar refractivity (Wildman–Crippen MR) is 149 cm³/mol. The highest BCUT2D eigenvalue weighted by Crippen LogP contribution is 2.32. The number of aromatic nitrogens is 5. The van der Waals surface area contributed by atoms with Crippen LogP contribution >= 0.6 is 11.6 Å². The zero-order valence-corrected chi connectivity index (χ0v) is 21.9. The number of nitriles is 1. The Kier molecular flexibility index (Phi) is 6.54. The van der Waals surface area contributed by atoms with Crippen molar-refractivity contribution in [3.8, 4) is 28.3 Å². The minimum Gasteiger partial charge on any atom is -0.354 e. The number of aryl methyl sites for hydroxylation is 1. The lowest BCUT2D eigenvalue weighted by molar-refractivity contribution is 0.260. The van der Waals surface area contributed by atoms with E-state index in [1.54, 1.807) is 15.4 Å². The van der Waals surface area contributed by atoms with E-state index in [1.807, 2.05) is 50.0 Å². The summed E-state index contributed by atoms with van der Waals surface area (Å²) in [6.45, 7) is 4.89. The smallest absolute Gasteiger partial charge is 0.128 e. The van der Waals surface area contributed by atoms with Crippen LogP contribution in [0.4, 0.5) is 5.82 Å². The van der Waals surface area contributed by atoms with Gasteiger partial charge in [-0.15, -0.1) is 0 Å². The lowest BCUT2D eigenvalue weighted by Gasteiger charge is -2.35. The molecular formula is C29H27ClN8. The quantitative estimate of drug-likeness (QED) is 0.322. The van der Waals surface area contributed by atoms with E-state index in [0.717, 1.165) is 77.8 Å². The molecule has 9 heteroatoms. The van der Waals surface area contributed by atoms with Crippen LogP contribution in [0, 0.1) is 11.3 Å². The Morgan fingerprint density at radius 3 is 2.50 bits per heavy atom. The average Bonchev–Trinajstić information content (AvgIpc) is 3.58. The number of hydrogen-bond acceptors (Lipinski definition) is 6. The number of rotatable bonds is 6. The molecule has 0 saturated carbocycles. The number of nitrogens with zero attached hydrogens (tertiary/aromatic N) is 8. The second kappa shape index (κ2) is 10.3. The monoisotopic (exact) mass is 522 g/mol. The average molecular weight is 523 g/mol. The van der Waals surface area contributed by atoms with E-state index >= 15 is 0 Å². The van der Waals surface area contributed by atoms with Crippen LogP contribution in [-0.4, -0.2) is 62.0 Å². The molecule has 8 nitrogen and oxygen atoms in total. The maximum Gasteiger partial charge on any atom is 0.128 e. The Hall–Kier alpha value is -4.19. The third-order valence-corrected chi connectivity index (χ3v) is 7.37. The van der Waals surface area contributed by atoms with E-state index < -0.39 is 0 Å². The van der Waals surface area contributed by atoms with Gasteiger partial charge in [0.1, 0.15) is 11.9 Å². The second-order valence-corrected chi connectivity index (χ2v) is 10.1. The van der Waals surface area contributed by atoms with E-state index in [-0.39, 0.29) is 0 Å². The summed E-state index contributed by atoms with van der Waals surface area (Å²) in [7, 11) is 1.90. The van der Waals surface area contributed by atoms with Crippen molar-refractivity contribution in [2.24, 2.45) is 7.05 Å². The molecule has 6 rings (SSSR count). The van der Waals surface area contributed by atoms with Gasteiger partial charge in [-0.1, -0.05) is 23.7 Å². The van der Waals surface area contributed by atoms with Gasteiger partial charge in [0, 0.05) is 85.6 Å². The Morgan fingerprint density at radius 2 is 1.79 bits per heavy atom. The van der Waals surface area contributed by atoms with Crippen LogP contribution in [0.25, 0.3) is 27.8 Å². The molecule has 1 fully saturated rings. The fraction of sp³-hybridized carbons (Fsp3) is 0.241. The summed E-state index contributed by atoms with van der Waals surface area (Å²) >= 11 is 6.13. The molecule has 1 saturated heterocycles. The minimum absolute atomic E-state index is 0.538. The van der Waals surface area contributed by atoms with E-state index in [9.17, 15) is 5.26 Å². The number of fused-ring (bicyclic) bond motifs is 1. The van der Waals surface area contributed by atoms with Crippen molar-refractivity contribution in [2.45, 2.75) is 6.42 Å². The largest absolute Gasteiger partial charge is 0.354 e. The van der Waals surface area contributed by atoms with Crippen LogP contribution in [0.2, 0.25) is 5.02 Å². The second-order valence-electron chi connectivity index (χ2n) is 9.62. The Bertz CT molecular complexity index is 1620.